The van der Waals surface area contributed by atoms with E-state index in [0.717, 1.165) is 36.1 Å². The van der Waals surface area contributed by atoms with Crippen molar-refractivity contribution in [2.45, 2.75) is 84.0 Å². The summed E-state index contributed by atoms with van der Waals surface area (Å²) in [5.74, 6) is 0.421. The number of carbonyl (C=O) groups is 3. The molecule has 224 valence electrons. The third-order valence-electron chi connectivity index (χ3n) is 7.22. The first-order chi connectivity index (χ1) is 19.7. The van der Waals surface area contributed by atoms with Crippen LogP contribution in [0.15, 0.2) is 48.5 Å². The van der Waals surface area contributed by atoms with E-state index in [-0.39, 0.29) is 29.7 Å². The first kappa shape index (κ1) is 31.9. The Morgan fingerprint density at radius 2 is 1.76 bits per heavy atom. The number of carbonyl (C=O) groups excluding carboxylic acids is 3. The number of amides is 3. The predicted octanol–water partition coefficient (Wildman–Crippen LogP) is 3.15. The Labute approximate surface area is 244 Å². The van der Waals surface area contributed by atoms with Gasteiger partial charge in [0.05, 0.1) is 13.2 Å². The van der Waals surface area contributed by atoms with Crippen molar-refractivity contribution < 1.29 is 23.9 Å². The van der Waals surface area contributed by atoms with Crippen LogP contribution in [0.25, 0.3) is 0 Å². The quantitative estimate of drug-likeness (QED) is 0.427. The fourth-order valence-electron chi connectivity index (χ4n) is 4.94. The van der Waals surface area contributed by atoms with Gasteiger partial charge >= 0.3 is 0 Å². The Morgan fingerprint density at radius 1 is 0.976 bits per heavy atom. The number of ether oxygens (including phenoxy) is 2. The third-order valence-corrected chi connectivity index (χ3v) is 7.22. The molecule has 0 spiro atoms. The molecule has 2 aromatic carbocycles. The number of fused-ring (bicyclic) bond motifs is 1. The first-order valence-corrected chi connectivity index (χ1v) is 14.7. The summed E-state index contributed by atoms with van der Waals surface area (Å²) in [4.78, 5) is 40.2. The second-order valence-electron chi connectivity index (χ2n) is 11.1. The molecule has 0 saturated heterocycles. The van der Waals surface area contributed by atoms with Crippen LogP contribution in [-0.4, -0.2) is 62.2 Å². The first-order valence-electron chi connectivity index (χ1n) is 14.7. The molecule has 0 unspecified atom stereocenters. The maximum Gasteiger partial charge on any atom is 0.243 e. The molecule has 41 heavy (non-hydrogen) atoms. The summed E-state index contributed by atoms with van der Waals surface area (Å²) in [5.41, 5.74) is 1.97. The minimum absolute atomic E-state index is 0.164. The number of benzene rings is 2. The second kappa shape index (κ2) is 16.0. The van der Waals surface area contributed by atoms with Crippen LogP contribution in [0.4, 0.5) is 0 Å². The van der Waals surface area contributed by atoms with E-state index in [1.165, 1.54) is 0 Å². The second-order valence-corrected chi connectivity index (χ2v) is 11.1. The van der Waals surface area contributed by atoms with E-state index in [9.17, 15) is 14.4 Å². The van der Waals surface area contributed by atoms with Gasteiger partial charge in [-0.1, -0.05) is 57.5 Å². The normalized spacial score (nSPS) is 23.2. The van der Waals surface area contributed by atoms with Gasteiger partial charge in [-0.05, 0) is 67.9 Å². The average molecular weight is 567 g/mol. The predicted molar refractivity (Wildman–Crippen MR) is 160 cm³/mol. The van der Waals surface area contributed by atoms with Crippen molar-refractivity contribution in [2.75, 3.05) is 20.3 Å². The van der Waals surface area contributed by atoms with Crippen molar-refractivity contribution in [3.63, 3.8) is 0 Å². The van der Waals surface area contributed by atoms with Gasteiger partial charge in [-0.15, -0.1) is 0 Å². The van der Waals surface area contributed by atoms with Crippen molar-refractivity contribution in [3.8, 4) is 11.5 Å². The molecular weight excluding hydrogens is 520 g/mol. The van der Waals surface area contributed by atoms with E-state index in [4.69, 9.17) is 9.47 Å². The van der Waals surface area contributed by atoms with Crippen molar-refractivity contribution in [1.29, 1.82) is 0 Å². The van der Waals surface area contributed by atoms with Crippen molar-refractivity contribution in [1.82, 2.24) is 21.3 Å². The molecule has 1 aliphatic heterocycles. The standard InChI is InChI=1S/C32H46N4O5/c1-6-11-26-30(37)33-17-10-14-24-13-7-8-16-28(24)41-20-22(4)34-27(19-23-12-9-15-25(18-23)40-5)31(38)36-29(21(2)3)32(39)35-26/h7-9,12-13,15-16,18,21-22,26-27,29,34H,6,10-11,14,17,19-20H2,1-5H3,(H,33,37)(H,35,39)(H,36,38)/t22-,26-,27+,29+/m0/s1. The molecular formula is C32H46N4O5. The summed E-state index contributed by atoms with van der Waals surface area (Å²) >= 11 is 0. The fraction of sp³-hybridized carbons (Fsp3) is 0.531. The number of para-hydroxylation sites is 1. The van der Waals surface area contributed by atoms with Crippen LogP contribution in [-0.2, 0) is 27.2 Å². The molecule has 9 heteroatoms. The number of methoxy groups -OCH3 is 1. The van der Waals surface area contributed by atoms with E-state index >= 15 is 0 Å². The third kappa shape index (κ3) is 9.78. The summed E-state index contributed by atoms with van der Waals surface area (Å²) in [6, 6.07) is 13.2. The Bertz CT molecular complexity index is 1150. The van der Waals surface area contributed by atoms with Gasteiger partial charge in [0.25, 0.3) is 0 Å². The van der Waals surface area contributed by atoms with Crippen LogP contribution in [0.2, 0.25) is 0 Å². The highest BCUT2D eigenvalue weighted by atomic mass is 16.5. The minimum atomic E-state index is -0.804. The number of rotatable bonds is 6. The van der Waals surface area contributed by atoms with Gasteiger partial charge < -0.3 is 25.4 Å². The molecule has 1 aliphatic rings. The van der Waals surface area contributed by atoms with E-state index in [1.54, 1.807) is 7.11 Å². The Morgan fingerprint density at radius 3 is 2.49 bits per heavy atom. The van der Waals surface area contributed by atoms with Gasteiger partial charge in [-0.2, -0.15) is 0 Å². The van der Waals surface area contributed by atoms with E-state index in [1.807, 2.05) is 76.2 Å². The lowest BCUT2D eigenvalue weighted by Gasteiger charge is -2.29. The molecule has 4 atom stereocenters. The van der Waals surface area contributed by atoms with Crippen LogP contribution < -0.4 is 30.7 Å². The van der Waals surface area contributed by atoms with Gasteiger partial charge in [0.1, 0.15) is 30.2 Å². The summed E-state index contributed by atoms with van der Waals surface area (Å²) in [6.07, 6.45) is 3.09. The van der Waals surface area contributed by atoms with Crippen LogP contribution in [0.1, 0.15) is 58.1 Å². The monoisotopic (exact) mass is 566 g/mol. The van der Waals surface area contributed by atoms with Gasteiger partial charge in [0.15, 0.2) is 0 Å². The fourth-order valence-corrected chi connectivity index (χ4v) is 4.94. The molecule has 0 bridgehead atoms. The van der Waals surface area contributed by atoms with Gasteiger partial charge in [0, 0.05) is 12.6 Å². The van der Waals surface area contributed by atoms with E-state index in [0.29, 0.717) is 31.7 Å². The Hall–Kier alpha value is -3.59. The topological polar surface area (TPSA) is 118 Å². The zero-order valence-electron chi connectivity index (χ0n) is 25.0. The highest BCUT2D eigenvalue weighted by molar-refractivity contribution is 5.93. The Balaban J connectivity index is 1.91. The lowest BCUT2D eigenvalue weighted by molar-refractivity contribution is -0.133. The maximum absolute atomic E-state index is 13.7. The van der Waals surface area contributed by atoms with Gasteiger partial charge in [-0.25, -0.2) is 0 Å². The van der Waals surface area contributed by atoms with E-state index in [2.05, 4.69) is 21.3 Å². The number of nitrogens with one attached hydrogen (secondary N) is 4. The minimum Gasteiger partial charge on any atom is -0.497 e. The van der Waals surface area contributed by atoms with E-state index < -0.39 is 18.1 Å². The van der Waals surface area contributed by atoms with Crippen LogP contribution >= 0.6 is 0 Å². The molecule has 4 N–H and O–H groups in total. The van der Waals surface area contributed by atoms with Gasteiger partial charge in [-0.3, -0.25) is 19.7 Å². The average Bonchev–Trinajstić information content (AvgIpc) is 2.96. The summed E-state index contributed by atoms with van der Waals surface area (Å²) in [7, 11) is 1.61. The van der Waals surface area contributed by atoms with Crippen molar-refractivity contribution in [3.05, 3.63) is 59.7 Å². The zero-order valence-corrected chi connectivity index (χ0v) is 25.0. The molecule has 0 aromatic heterocycles. The molecule has 3 rings (SSSR count). The van der Waals surface area contributed by atoms with Crippen molar-refractivity contribution >= 4 is 17.7 Å². The molecule has 2 aromatic rings. The zero-order chi connectivity index (χ0) is 29.8. The van der Waals surface area contributed by atoms with Gasteiger partial charge in [0.2, 0.25) is 17.7 Å². The largest absolute Gasteiger partial charge is 0.497 e. The lowest BCUT2D eigenvalue weighted by Crippen LogP contribution is -2.59. The number of hydrogen-bond acceptors (Lipinski definition) is 6. The molecule has 0 fully saturated rings. The number of aryl methyl sites for hydroxylation is 1. The highest BCUT2D eigenvalue weighted by Crippen LogP contribution is 2.20. The SMILES string of the molecule is CCC[C@@H]1NC(=O)[C@@H](C(C)C)NC(=O)[C@@H](Cc2cccc(OC)c2)N[C@@H](C)COc2ccccc2CCCNC1=O. The molecule has 9 nitrogen and oxygen atoms in total. The number of hydrogen-bond donors (Lipinski definition) is 4. The Kier molecular flexibility index (Phi) is 12.5. The maximum atomic E-state index is 13.7. The van der Waals surface area contributed by atoms with Crippen LogP contribution in [0.5, 0.6) is 11.5 Å². The lowest BCUT2D eigenvalue weighted by atomic mass is 9.99. The van der Waals surface area contributed by atoms with Crippen LogP contribution in [0.3, 0.4) is 0 Å². The summed E-state index contributed by atoms with van der Waals surface area (Å²) < 4.78 is 11.6. The van der Waals surface area contributed by atoms with Crippen molar-refractivity contribution in [2.24, 2.45) is 5.92 Å². The van der Waals surface area contributed by atoms with Crippen LogP contribution in [0, 0.1) is 5.92 Å². The highest BCUT2D eigenvalue weighted by Gasteiger charge is 2.31. The molecule has 3 amide bonds. The summed E-state index contributed by atoms with van der Waals surface area (Å²) in [6.45, 7) is 8.54. The smallest absolute Gasteiger partial charge is 0.243 e. The molecule has 0 saturated carbocycles. The molecule has 1 heterocycles. The summed E-state index contributed by atoms with van der Waals surface area (Å²) in [5, 5.41) is 12.3. The molecule has 0 aliphatic carbocycles. The molecule has 0 radical (unpaired) electrons.